The van der Waals surface area contributed by atoms with Crippen molar-refractivity contribution in [3.05, 3.63) is 96.8 Å². The van der Waals surface area contributed by atoms with Crippen molar-refractivity contribution in [1.82, 2.24) is 9.97 Å². The Hall–Kier alpha value is -3.91. The lowest BCUT2D eigenvalue weighted by atomic mass is 9.86. The van der Waals surface area contributed by atoms with Gasteiger partial charge in [-0.05, 0) is 41.8 Å². The van der Waals surface area contributed by atoms with Crippen LogP contribution in [0.25, 0.3) is 0 Å². The fraction of sp³-hybridized carbons (Fsp3) is 0.154. The molecule has 7 nitrogen and oxygen atoms in total. The summed E-state index contributed by atoms with van der Waals surface area (Å²) in [5.41, 5.74) is 1.03. The van der Waals surface area contributed by atoms with Crippen molar-refractivity contribution in [3.8, 4) is 23.3 Å². The number of sulfonamides is 1. The van der Waals surface area contributed by atoms with E-state index in [9.17, 15) is 8.42 Å². The van der Waals surface area contributed by atoms with Crippen LogP contribution in [0, 0.1) is 0 Å². The zero-order valence-corrected chi connectivity index (χ0v) is 19.9. The Morgan fingerprint density at radius 2 is 1.53 bits per heavy atom. The van der Waals surface area contributed by atoms with Crippen LogP contribution in [0.5, 0.6) is 23.3 Å². The summed E-state index contributed by atoms with van der Waals surface area (Å²) in [4.78, 5) is 8.36. The van der Waals surface area contributed by atoms with Gasteiger partial charge in [0.2, 0.25) is 11.8 Å². The lowest BCUT2D eigenvalue weighted by Gasteiger charge is -2.22. The summed E-state index contributed by atoms with van der Waals surface area (Å²) < 4.78 is 40.3. The van der Waals surface area contributed by atoms with Crippen molar-refractivity contribution in [2.45, 2.75) is 31.1 Å². The minimum Gasteiger partial charge on any atom is -0.439 e. The molecule has 8 heteroatoms. The number of anilines is 1. The van der Waals surface area contributed by atoms with Gasteiger partial charge < -0.3 is 9.47 Å². The van der Waals surface area contributed by atoms with Crippen molar-refractivity contribution < 1.29 is 17.9 Å². The molecule has 0 radical (unpaired) electrons. The van der Waals surface area contributed by atoms with E-state index in [2.05, 4.69) is 35.5 Å². The second kappa shape index (κ2) is 9.52. The molecule has 0 aliphatic heterocycles. The maximum Gasteiger partial charge on any atom is 0.263 e. The van der Waals surface area contributed by atoms with Crippen LogP contribution in [0.3, 0.4) is 0 Å². The van der Waals surface area contributed by atoms with E-state index in [1.165, 1.54) is 18.3 Å². The van der Waals surface area contributed by atoms with Crippen LogP contribution < -0.4 is 14.2 Å². The van der Waals surface area contributed by atoms with E-state index < -0.39 is 10.0 Å². The normalized spacial score (nSPS) is 11.6. The molecule has 0 atom stereocenters. The second-order valence-electron chi connectivity index (χ2n) is 8.56. The highest BCUT2D eigenvalue weighted by molar-refractivity contribution is 7.92. The lowest BCUT2D eigenvalue weighted by Crippen LogP contribution is -2.15. The van der Waals surface area contributed by atoms with Gasteiger partial charge in [0.05, 0.1) is 6.20 Å². The number of para-hydroxylation sites is 2. The van der Waals surface area contributed by atoms with Gasteiger partial charge in [0.1, 0.15) is 22.1 Å². The van der Waals surface area contributed by atoms with Gasteiger partial charge in [0.15, 0.2) is 0 Å². The van der Waals surface area contributed by atoms with Crippen LogP contribution >= 0.6 is 0 Å². The number of ether oxygens (including phenoxy) is 2. The standard InChI is InChI=1S/C26H25N3O4S/c1-26(2,3)21-12-7-8-14-23(21)33-25-22(13-9-17-27-25)29-34(30,31)20-15-16-24(28-18-20)32-19-10-5-4-6-11-19/h4-18,29H,1-3H3. The summed E-state index contributed by atoms with van der Waals surface area (Å²) in [6.07, 6.45) is 2.79. The number of benzene rings is 2. The van der Waals surface area contributed by atoms with Gasteiger partial charge in [-0.3, -0.25) is 4.72 Å². The summed E-state index contributed by atoms with van der Waals surface area (Å²) in [5.74, 6) is 1.66. The number of pyridine rings is 2. The summed E-state index contributed by atoms with van der Waals surface area (Å²) >= 11 is 0. The van der Waals surface area contributed by atoms with E-state index in [1.807, 2.05) is 42.5 Å². The summed E-state index contributed by atoms with van der Waals surface area (Å²) in [5, 5.41) is 0. The quantitative estimate of drug-likeness (QED) is 0.344. The summed E-state index contributed by atoms with van der Waals surface area (Å²) in [6, 6.07) is 22.9. The first-order valence-corrected chi connectivity index (χ1v) is 12.1. The Balaban J connectivity index is 1.56. The molecule has 0 saturated carbocycles. The number of rotatable bonds is 7. The number of hydrogen-bond acceptors (Lipinski definition) is 6. The maximum absolute atomic E-state index is 13.0. The van der Waals surface area contributed by atoms with Gasteiger partial charge in [-0.25, -0.2) is 18.4 Å². The van der Waals surface area contributed by atoms with Gasteiger partial charge in [-0.15, -0.1) is 0 Å². The van der Waals surface area contributed by atoms with Crippen LogP contribution in [-0.4, -0.2) is 18.4 Å². The molecule has 34 heavy (non-hydrogen) atoms. The molecule has 4 rings (SSSR count). The second-order valence-corrected chi connectivity index (χ2v) is 10.2. The molecule has 0 saturated heterocycles. The summed E-state index contributed by atoms with van der Waals surface area (Å²) in [7, 11) is -3.94. The average molecular weight is 476 g/mol. The number of hydrogen-bond donors (Lipinski definition) is 1. The van der Waals surface area contributed by atoms with Gasteiger partial charge in [0, 0.05) is 17.8 Å². The monoisotopic (exact) mass is 475 g/mol. The molecule has 1 N–H and O–H groups in total. The molecule has 0 fully saturated rings. The molecule has 0 unspecified atom stereocenters. The largest absolute Gasteiger partial charge is 0.439 e. The third kappa shape index (κ3) is 5.52. The number of nitrogens with zero attached hydrogens (tertiary/aromatic N) is 2. The SMILES string of the molecule is CC(C)(C)c1ccccc1Oc1ncccc1NS(=O)(=O)c1ccc(Oc2ccccc2)nc1. The van der Waals surface area contributed by atoms with E-state index in [-0.39, 0.29) is 27.8 Å². The highest BCUT2D eigenvalue weighted by Crippen LogP contribution is 2.36. The van der Waals surface area contributed by atoms with Crippen LogP contribution in [0.15, 0.2) is 96.2 Å². The van der Waals surface area contributed by atoms with Gasteiger partial charge in [-0.1, -0.05) is 57.2 Å². The Morgan fingerprint density at radius 1 is 0.794 bits per heavy atom. The molecule has 0 aliphatic rings. The fourth-order valence-electron chi connectivity index (χ4n) is 3.23. The predicted octanol–water partition coefficient (Wildman–Crippen LogP) is 6.16. The third-order valence-electron chi connectivity index (χ3n) is 4.90. The summed E-state index contributed by atoms with van der Waals surface area (Å²) in [6.45, 7) is 6.24. The number of aromatic nitrogens is 2. The molecule has 4 aromatic rings. The topological polar surface area (TPSA) is 90.4 Å². The first kappa shape index (κ1) is 23.3. The van der Waals surface area contributed by atoms with E-state index in [4.69, 9.17) is 9.47 Å². The third-order valence-corrected chi connectivity index (χ3v) is 6.25. The van der Waals surface area contributed by atoms with E-state index >= 15 is 0 Å². The molecule has 0 aliphatic carbocycles. The van der Waals surface area contributed by atoms with Crippen molar-refractivity contribution >= 4 is 15.7 Å². The molecule has 2 aromatic carbocycles. The van der Waals surface area contributed by atoms with Gasteiger partial charge in [0.25, 0.3) is 10.0 Å². The highest BCUT2D eigenvalue weighted by Gasteiger charge is 2.22. The fourth-order valence-corrected chi connectivity index (χ4v) is 4.23. The zero-order chi connectivity index (χ0) is 24.2. The van der Waals surface area contributed by atoms with Gasteiger partial charge >= 0.3 is 0 Å². The first-order chi connectivity index (χ1) is 16.2. The molecule has 0 amide bonds. The van der Waals surface area contributed by atoms with E-state index in [0.29, 0.717) is 11.5 Å². The minimum absolute atomic E-state index is 0.0159. The minimum atomic E-state index is -3.94. The van der Waals surface area contributed by atoms with Crippen molar-refractivity contribution in [2.75, 3.05) is 4.72 Å². The van der Waals surface area contributed by atoms with Crippen LogP contribution in [0.1, 0.15) is 26.3 Å². The molecule has 2 aromatic heterocycles. The first-order valence-electron chi connectivity index (χ1n) is 10.7. The Kier molecular flexibility index (Phi) is 6.51. The zero-order valence-electron chi connectivity index (χ0n) is 19.1. The molecular formula is C26H25N3O4S. The maximum atomic E-state index is 13.0. The smallest absolute Gasteiger partial charge is 0.263 e. The Morgan fingerprint density at radius 3 is 2.24 bits per heavy atom. The van der Waals surface area contributed by atoms with Crippen molar-refractivity contribution in [3.63, 3.8) is 0 Å². The van der Waals surface area contributed by atoms with Crippen LogP contribution in [0.2, 0.25) is 0 Å². The molecule has 0 bridgehead atoms. The Bertz CT molecular complexity index is 1370. The molecular weight excluding hydrogens is 450 g/mol. The van der Waals surface area contributed by atoms with E-state index in [1.54, 1.807) is 30.5 Å². The lowest BCUT2D eigenvalue weighted by molar-refractivity contribution is 0.442. The molecule has 174 valence electrons. The predicted molar refractivity (Wildman–Crippen MR) is 131 cm³/mol. The van der Waals surface area contributed by atoms with Crippen molar-refractivity contribution in [2.24, 2.45) is 0 Å². The number of nitrogens with one attached hydrogen (secondary N) is 1. The van der Waals surface area contributed by atoms with Crippen molar-refractivity contribution in [1.29, 1.82) is 0 Å². The van der Waals surface area contributed by atoms with Gasteiger partial charge in [-0.2, -0.15) is 0 Å². The average Bonchev–Trinajstić information content (AvgIpc) is 2.81. The van der Waals surface area contributed by atoms with Crippen LogP contribution in [0.4, 0.5) is 5.69 Å². The van der Waals surface area contributed by atoms with Crippen LogP contribution in [-0.2, 0) is 15.4 Å². The molecule has 2 heterocycles. The Labute approximate surface area is 199 Å². The molecule has 0 spiro atoms. The highest BCUT2D eigenvalue weighted by atomic mass is 32.2. The van der Waals surface area contributed by atoms with E-state index in [0.717, 1.165) is 5.56 Å².